The number of benzene rings is 1. The highest BCUT2D eigenvalue weighted by Crippen LogP contribution is 2.24. The molecule has 0 aliphatic carbocycles. The van der Waals surface area contributed by atoms with Gasteiger partial charge in [0.1, 0.15) is 0 Å². The topological polar surface area (TPSA) is 57.0 Å². The molecule has 0 radical (unpaired) electrons. The van der Waals surface area contributed by atoms with Crippen molar-refractivity contribution < 1.29 is 13.3 Å². The Hall–Kier alpha value is -1.08. The molecule has 0 aromatic heterocycles. The molecule has 0 aliphatic rings. The molecule has 0 heterocycles. The molecule has 1 aromatic rings. The molecule has 18 heavy (non-hydrogen) atoms. The van der Waals surface area contributed by atoms with E-state index in [2.05, 4.69) is 6.92 Å². The largest absolute Gasteiger partial charge is 0.632 e. The molecule has 0 saturated carbocycles. The van der Waals surface area contributed by atoms with Gasteiger partial charge in [-0.3, -0.25) is 0 Å². The second-order valence-electron chi connectivity index (χ2n) is 3.88. The van der Waals surface area contributed by atoms with Crippen molar-refractivity contribution in [2.24, 2.45) is 0 Å². The first-order valence-electron chi connectivity index (χ1n) is 5.92. The lowest BCUT2D eigenvalue weighted by Crippen LogP contribution is -2.60. The van der Waals surface area contributed by atoms with Crippen LogP contribution in [-0.4, -0.2) is 36.8 Å². The van der Waals surface area contributed by atoms with E-state index >= 15 is 0 Å². The number of hydrogen-bond donors (Lipinski definition) is 1. The van der Waals surface area contributed by atoms with Gasteiger partial charge in [-0.05, 0) is 30.7 Å². The van der Waals surface area contributed by atoms with E-state index < -0.39 is 8.97 Å². The van der Waals surface area contributed by atoms with Gasteiger partial charge in [-0.15, -0.1) is 0 Å². The Bertz CT molecular complexity index is 347. The Balaban J connectivity index is 3.11. The van der Waals surface area contributed by atoms with E-state index in [1.165, 1.54) is 0 Å². The highest BCUT2D eigenvalue weighted by Gasteiger charge is 2.46. The predicted molar refractivity (Wildman–Crippen MR) is 75.3 cm³/mol. The zero-order valence-electron chi connectivity index (χ0n) is 11.5. The van der Waals surface area contributed by atoms with Crippen LogP contribution in [0.2, 0.25) is 0 Å². The molecule has 0 spiro atoms. The quantitative estimate of drug-likeness (QED) is 0.605. The summed E-state index contributed by atoms with van der Waals surface area (Å²) in [7, 11) is 2.00. The van der Waals surface area contributed by atoms with Gasteiger partial charge in [0.15, 0.2) is 0 Å². The Morgan fingerprint density at radius 1 is 1.06 bits per heavy atom. The van der Waals surface area contributed by atoms with Crippen LogP contribution in [0.5, 0.6) is 0 Å². The summed E-state index contributed by atoms with van der Waals surface area (Å²) in [6, 6.07) is 7.61. The van der Waals surface area contributed by atoms with Gasteiger partial charge >= 0.3 is 8.97 Å². The average Bonchev–Trinajstić information content (AvgIpc) is 2.41. The monoisotopic (exact) mass is 270 g/mol. The van der Waals surface area contributed by atoms with E-state index in [0.717, 1.165) is 24.3 Å². The van der Waals surface area contributed by atoms with Crippen LogP contribution in [0, 0.1) is 0 Å². The van der Waals surface area contributed by atoms with E-state index in [1.807, 2.05) is 28.8 Å². The molecule has 102 valence electrons. The van der Waals surface area contributed by atoms with Gasteiger partial charge in [-0.2, -0.15) is 0 Å². The van der Waals surface area contributed by atoms with Crippen LogP contribution in [-0.2, 0) is 13.3 Å². The summed E-state index contributed by atoms with van der Waals surface area (Å²) in [6.45, 7) is 2.90. The summed E-state index contributed by atoms with van der Waals surface area (Å²) in [5.74, 6) is 0. The van der Waals surface area contributed by atoms with E-state index in [9.17, 15) is 0 Å². The second kappa shape index (κ2) is 6.74. The fourth-order valence-electron chi connectivity index (χ4n) is 1.88. The van der Waals surface area contributed by atoms with Crippen LogP contribution >= 0.6 is 0 Å². The number of nitrogen functional groups attached to an aromatic ring is 1. The van der Waals surface area contributed by atoms with Crippen molar-refractivity contribution in [3.05, 3.63) is 24.3 Å². The van der Waals surface area contributed by atoms with Crippen molar-refractivity contribution in [1.82, 2.24) is 0 Å². The first-order valence-corrected chi connectivity index (χ1v) is 7.59. The van der Waals surface area contributed by atoms with Crippen LogP contribution in [0.3, 0.4) is 0 Å². The third-order valence-corrected chi connectivity index (χ3v) is 5.45. The molecule has 0 saturated heterocycles. The van der Waals surface area contributed by atoms with Gasteiger partial charge in [-0.1, -0.05) is 6.92 Å². The Kier molecular flexibility index (Phi) is 5.61. The molecule has 5 nitrogen and oxygen atoms in total. The second-order valence-corrected chi connectivity index (χ2v) is 6.69. The number of nitrogens with zero attached hydrogens (tertiary/aromatic N) is 1. The molecular weight excluding hydrogens is 248 g/mol. The highest BCUT2D eigenvalue weighted by molar-refractivity contribution is 6.65. The van der Waals surface area contributed by atoms with E-state index in [4.69, 9.17) is 19.0 Å². The van der Waals surface area contributed by atoms with Crippen LogP contribution in [0.25, 0.3) is 0 Å². The predicted octanol–water partition coefficient (Wildman–Crippen LogP) is 1.86. The van der Waals surface area contributed by atoms with E-state index in [0.29, 0.717) is 0 Å². The zero-order chi connectivity index (χ0) is 13.6. The maximum absolute atomic E-state index is 5.71. The number of hydrogen-bond acceptors (Lipinski definition) is 5. The van der Waals surface area contributed by atoms with Gasteiger partial charge in [0, 0.05) is 39.2 Å². The Morgan fingerprint density at radius 2 is 1.56 bits per heavy atom. The Morgan fingerprint density at radius 3 is 1.94 bits per heavy atom. The molecule has 0 atom stereocenters. The van der Waals surface area contributed by atoms with Gasteiger partial charge in [-0.25, -0.2) is 0 Å². The minimum atomic E-state index is -2.83. The average molecular weight is 270 g/mol. The molecule has 0 aliphatic heterocycles. The summed E-state index contributed by atoms with van der Waals surface area (Å²) in [5, 5.41) is 0. The molecule has 0 unspecified atom stereocenters. The van der Waals surface area contributed by atoms with Crippen LogP contribution in [0.15, 0.2) is 24.3 Å². The zero-order valence-corrected chi connectivity index (χ0v) is 12.5. The molecule has 2 N–H and O–H groups in total. The minimum absolute atomic E-state index is 0.731. The maximum atomic E-state index is 5.71. The first-order chi connectivity index (χ1) is 8.63. The molecule has 1 aromatic carbocycles. The summed E-state index contributed by atoms with van der Waals surface area (Å²) < 4.78 is 18.6. The minimum Gasteiger partial charge on any atom is -0.399 e. The van der Waals surface area contributed by atoms with Gasteiger partial charge in [0.05, 0.1) is 0 Å². The summed E-state index contributed by atoms with van der Waals surface area (Å²) in [4.78, 5) is 0. The van der Waals surface area contributed by atoms with E-state index in [-0.39, 0.29) is 0 Å². The van der Waals surface area contributed by atoms with Gasteiger partial charge in [0.25, 0.3) is 0 Å². The summed E-state index contributed by atoms with van der Waals surface area (Å²) in [6.07, 6.45) is 0.967. The number of anilines is 2. The SMILES string of the molecule is CCCN(c1ccc(N)cc1)[Si](OC)(OC)OC. The van der Waals surface area contributed by atoms with E-state index in [1.54, 1.807) is 21.3 Å². The molecule has 0 amide bonds. The lowest BCUT2D eigenvalue weighted by atomic mass is 10.3. The van der Waals surface area contributed by atoms with Crippen molar-refractivity contribution in [1.29, 1.82) is 0 Å². The van der Waals surface area contributed by atoms with Gasteiger partial charge < -0.3 is 23.6 Å². The van der Waals surface area contributed by atoms with Crippen molar-refractivity contribution in [3.63, 3.8) is 0 Å². The number of nitrogens with two attached hydrogens (primary N) is 1. The molecule has 0 fully saturated rings. The fourth-order valence-corrected chi connectivity index (χ4v) is 4.01. The molecule has 0 bridgehead atoms. The highest BCUT2D eigenvalue weighted by atomic mass is 28.4. The summed E-state index contributed by atoms with van der Waals surface area (Å²) in [5.41, 5.74) is 7.43. The third kappa shape index (κ3) is 3.02. The van der Waals surface area contributed by atoms with Crippen LogP contribution in [0.1, 0.15) is 13.3 Å². The Labute approximate surface area is 110 Å². The lowest BCUT2D eigenvalue weighted by Gasteiger charge is -2.36. The van der Waals surface area contributed by atoms with Gasteiger partial charge in [0.2, 0.25) is 0 Å². The van der Waals surface area contributed by atoms with Crippen molar-refractivity contribution in [2.45, 2.75) is 13.3 Å². The maximum Gasteiger partial charge on any atom is 0.632 e. The van der Waals surface area contributed by atoms with Crippen molar-refractivity contribution in [3.8, 4) is 0 Å². The lowest BCUT2D eigenvalue weighted by molar-refractivity contribution is 0.121. The number of rotatable bonds is 7. The smallest absolute Gasteiger partial charge is 0.399 e. The van der Waals surface area contributed by atoms with Crippen molar-refractivity contribution in [2.75, 3.05) is 38.2 Å². The van der Waals surface area contributed by atoms with Crippen LogP contribution in [0.4, 0.5) is 11.4 Å². The van der Waals surface area contributed by atoms with Crippen molar-refractivity contribution >= 4 is 20.3 Å². The third-order valence-electron chi connectivity index (χ3n) is 2.76. The first kappa shape index (κ1) is 15.0. The molecular formula is C12H22N2O3Si. The molecule has 6 heteroatoms. The fraction of sp³-hybridized carbons (Fsp3) is 0.500. The normalized spacial score (nSPS) is 11.6. The van der Waals surface area contributed by atoms with Crippen LogP contribution < -0.4 is 10.3 Å². The standard InChI is InChI=1S/C12H22N2O3Si/c1-5-10-14(18(15-2,16-3)17-4)12-8-6-11(13)7-9-12/h6-9H,5,10,13H2,1-4H3. The molecule has 1 rings (SSSR count). The summed E-state index contributed by atoms with van der Waals surface area (Å²) >= 11 is 0.